The molecular formula is C20H30N2O4. The van der Waals surface area contributed by atoms with Gasteiger partial charge in [0.15, 0.2) is 0 Å². The number of methoxy groups -OCH3 is 2. The highest BCUT2D eigenvalue weighted by molar-refractivity contribution is 5.79. The van der Waals surface area contributed by atoms with Crippen LogP contribution in [-0.4, -0.2) is 57.4 Å². The van der Waals surface area contributed by atoms with Crippen molar-refractivity contribution < 1.29 is 19.0 Å². The number of rotatable bonds is 6. The topological polar surface area (TPSA) is 60.0 Å². The van der Waals surface area contributed by atoms with Crippen LogP contribution in [0.3, 0.4) is 0 Å². The zero-order chi connectivity index (χ0) is 18.4. The van der Waals surface area contributed by atoms with Gasteiger partial charge in [0.2, 0.25) is 5.91 Å². The lowest BCUT2D eigenvalue weighted by Gasteiger charge is -2.33. The Morgan fingerprint density at radius 2 is 1.85 bits per heavy atom. The van der Waals surface area contributed by atoms with Crippen LogP contribution in [-0.2, 0) is 16.1 Å². The van der Waals surface area contributed by atoms with E-state index in [1.54, 1.807) is 14.2 Å². The summed E-state index contributed by atoms with van der Waals surface area (Å²) in [5, 5.41) is 3.22. The molecule has 2 aliphatic heterocycles. The summed E-state index contributed by atoms with van der Waals surface area (Å²) in [6.07, 6.45) is 3.86. The summed E-state index contributed by atoms with van der Waals surface area (Å²) >= 11 is 0. The number of nitrogens with zero attached hydrogens (tertiary/aromatic N) is 1. The number of hydrogen-bond donors (Lipinski definition) is 1. The third kappa shape index (κ3) is 5.11. The van der Waals surface area contributed by atoms with E-state index in [2.05, 4.69) is 10.2 Å². The minimum absolute atomic E-state index is 0.0686. The predicted molar refractivity (Wildman–Crippen MR) is 99.5 cm³/mol. The molecule has 0 spiro atoms. The highest BCUT2D eigenvalue weighted by atomic mass is 16.5. The Balaban J connectivity index is 1.57. The number of piperidine rings is 1. The van der Waals surface area contributed by atoms with Gasteiger partial charge >= 0.3 is 0 Å². The van der Waals surface area contributed by atoms with E-state index in [1.165, 1.54) is 0 Å². The molecule has 1 N–H and O–H groups in total. The molecule has 0 bridgehead atoms. The monoisotopic (exact) mass is 362 g/mol. The fourth-order valence-corrected chi connectivity index (χ4v) is 3.79. The van der Waals surface area contributed by atoms with Gasteiger partial charge in [-0.1, -0.05) is 0 Å². The number of ether oxygens (including phenoxy) is 3. The van der Waals surface area contributed by atoms with Crippen molar-refractivity contribution in [2.75, 3.05) is 40.5 Å². The van der Waals surface area contributed by atoms with Gasteiger partial charge in [0.25, 0.3) is 0 Å². The van der Waals surface area contributed by atoms with Crippen molar-refractivity contribution >= 4 is 5.91 Å². The molecule has 1 aromatic carbocycles. The molecule has 26 heavy (non-hydrogen) atoms. The van der Waals surface area contributed by atoms with Crippen LogP contribution < -0.4 is 14.8 Å². The Labute approximate surface area is 155 Å². The van der Waals surface area contributed by atoms with E-state index in [4.69, 9.17) is 14.2 Å². The van der Waals surface area contributed by atoms with E-state index >= 15 is 0 Å². The zero-order valence-electron chi connectivity index (χ0n) is 15.8. The smallest absolute Gasteiger partial charge is 0.224 e. The molecule has 1 unspecified atom stereocenters. The molecule has 2 aliphatic rings. The van der Waals surface area contributed by atoms with E-state index in [0.717, 1.165) is 75.6 Å². The number of nitrogens with one attached hydrogen (secondary N) is 1. The molecule has 1 aromatic rings. The Hall–Kier alpha value is -1.79. The van der Waals surface area contributed by atoms with Crippen LogP contribution in [0.25, 0.3) is 0 Å². The van der Waals surface area contributed by atoms with Crippen molar-refractivity contribution in [3.05, 3.63) is 23.8 Å². The standard InChI is InChI=1S/C20H30N2O4/c1-24-18-10-15(11-19(12-18)25-2)13-22-7-3-4-16(14-22)20(23)21-17-5-8-26-9-6-17/h10-12,16-17H,3-9,13-14H2,1-2H3,(H,21,23). The summed E-state index contributed by atoms with van der Waals surface area (Å²) in [4.78, 5) is 15.0. The van der Waals surface area contributed by atoms with E-state index in [0.29, 0.717) is 0 Å². The average molecular weight is 362 g/mol. The van der Waals surface area contributed by atoms with Crippen LogP contribution in [0.5, 0.6) is 11.5 Å². The predicted octanol–water partition coefficient (Wildman–Crippen LogP) is 2.21. The molecule has 2 saturated heterocycles. The van der Waals surface area contributed by atoms with Gasteiger partial charge in [-0.25, -0.2) is 0 Å². The van der Waals surface area contributed by atoms with Gasteiger partial charge < -0.3 is 19.5 Å². The maximum atomic E-state index is 12.6. The number of amides is 1. The van der Waals surface area contributed by atoms with E-state index in [9.17, 15) is 4.79 Å². The first kappa shape index (κ1) is 19.0. The number of benzene rings is 1. The summed E-state index contributed by atoms with van der Waals surface area (Å²) in [6.45, 7) is 4.11. The summed E-state index contributed by atoms with van der Waals surface area (Å²) in [5.74, 6) is 1.86. The van der Waals surface area contributed by atoms with Crippen LogP contribution >= 0.6 is 0 Å². The third-order valence-electron chi connectivity index (χ3n) is 5.26. The lowest BCUT2D eigenvalue weighted by molar-refractivity contribution is -0.128. The highest BCUT2D eigenvalue weighted by Crippen LogP contribution is 2.25. The first-order chi connectivity index (χ1) is 12.7. The molecule has 0 saturated carbocycles. The van der Waals surface area contributed by atoms with Crippen molar-refractivity contribution in [2.45, 2.75) is 38.3 Å². The van der Waals surface area contributed by atoms with Crippen LogP contribution in [0.1, 0.15) is 31.2 Å². The summed E-state index contributed by atoms with van der Waals surface area (Å²) in [6, 6.07) is 6.22. The normalized spacial score (nSPS) is 22.0. The lowest BCUT2D eigenvalue weighted by atomic mass is 9.95. The second-order valence-corrected chi connectivity index (χ2v) is 7.19. The van der Waals surface area contributed by atoms with Crippen molar-refractivity contribution in [2.24, 2.45) is 5.92 Å². The molecule has 1 atom stereocenters. The molecule has 6 heteroatoms. The average Bonchev–Trinajstić information content (AvgIpc) is 2.68. The first-order valence-corrected chi connectivity index (χ1v) is 9.50. The van der Waals surface area contributed by atoms with Crippen molar-refractivity contribution in [1.82, 2.24) is 10.2 Å². The van der Waals surface area contributed by atoms with Crippen LogP contribution in [0, 0.1) is 5.92 Å². The zero-order valence-corrected chi connectivity index (χ0v) is 15.8. The molecule has 0 aromatic heterocycles. The number of likely N-dealkylation sites (tertiary alicyclic amines) is 1. The van der Waals surface area contributed by atoms with Crippen molar-refractivity contribution in [3.8, 4) is 11.5 Å². The molecule has 0 radical (unpaired) electrons. The van der Waals surface area contributed by atoms with Gasteiger partial charge in [-0.05, 0) is 49.9 Å². The van der Waals surface area contributed by atoms with Gasteiger partial charge in [-0.3, -0.25) is 9.69 Å². The first-order valence-electron chi connectivity index (χ1n) is 9.50. The summed E-state index contributed by atoms with van der Waals surface area (Å²) in [5.41, 5.74) is 1.15. The van der Waals surface area contributed by atoms with Gasteiger partial charge in [-0.2, -0.15) is 0 Å². The van der Waals surface area contributed by atoms with Crippen LogP contribution in [0.15, 0.2) is 18.2 Å². The van der Waals surface area contributed by atoms with Crippen molar-refractivity contribution in [3.63, 3.8) is 0 Å². The number of carbonyl (C=O) groups is 1. The van der Waals surface area contributed by atoms with Gasteiger partial charge in [-0.15, -0.1) is 0 Å². The Morgan fingerprint density at radius 3 is 2.50 bits per heavy atom. The van der Waals surface area contributed by atoms with Crippen LogP contribution in [0.2, 0.25) is 0 Å². The van der Waals surface area contributed by atoms with Gasteiger partial charge in [0.05, 0.1) is 20.1 Å². The lowest BCUT2D eigenvalue weighted by Crippen LogP contribution is -2.47. The second kappa shape index (κ2) is 9.24. The summed E-state index contributed by atoms with van der Waals surface area (Å²) < 4.78 is 16.1. The van der Waals surface area contributed by atoms with E-state index in [-0.39, 0.29) is 17.9 Å². The number of hydrogen-bond acceptors (Lipinski definition) is 5. The molecule has 6 nitrogen and oxygen atoms in total. The quantitative estimate of drug-likeness (QED) is 0.841. The Bertz CT molecular complexity index is 579. The van der Waals surface area contributed by atoms with E-state index in [1.807, 2.05) is 18.2 Å². The molecule has 3 rings (SSSR count). The fraction of sp³-hybridized carbons (Fsp3) is 0.650. The molecule has 2 fully saturated rings. The molecule has 2 heterocycles. The van der Waals surface area contributed by atoms with E-state index < -0.39 is 0 Å². The Kier molecular flexibility index (Phi) is 6.74. The molecule has 144 valence electrons. The SMILES string of the molecule is COc1cc(CN2CCCC(C(=O)NC3CCOCC3)C2)cc(OC)c1. The minimum atomic E-state index is 0.0686. The Morgan fingerprint density at radius 1 is 1.15 bits per heavy atom. The fourth-order valence-electron chi connectivity index (χ4n) is 3.79. The second-order valence-electron chi connectivity index (χ2n) is 7.19. The molecule has 1 amide bonds. The molecule has 0 aliphatic carbocycles. The highest BCUT2D eigenvalue weighted by Gasteiger charge is 2.28. The van der Waals surface area contributed by atoms with Gasteiger partial charge in [0.1, 0.15) is 11.5 Å². The third-order valence-corrected chi connectivity index (χ3v) is 5.26. The van der Waals surface area contributed by atoms with Crippen molar-refractivity contribution in [1.29, 1.82) is 0 Å². The van der Waals surface area contributed by atoms with Gasteiger partial charge in [0, 0.05) is 38.4 Å². The maximum absolute atomic E-state index is 12.6. The number of carbonyl (C=O) groups excluding carboxylic acids is 1. The maximum Gasteiger partial charge on any atom is 0.224 e. The van der Waals surface area contributed by atoms with Crippen LogP contribution in [0.4, 0.5) is 0 Å². The minimum Gasteiger partial charge on any atom is -0.497 e. The largest absolute Gasteiger partial charge is 0.497 e. The summed E-state index contributed by atoms with van der Waals surface area (Å²) in [7, 11) is 3.33. The molecular weight excluding hydrogens is 332 g/mol.